The summed E-state index contributed by atoms with van der Waals surface area (Å²) in [5.41, 5.74) is -0.0742. The van der Waals surface area contributed by atoms with Crippen molar-refractivity contribution in [1.29, 1.82) is 0 Å². The molecule has 0 aromatic carbocycles. The van der Waals surface area contributed by atoms with Gasteiger partial charge in [-0.2, -0.15) is 0 Å². The topological polar surface area (TPSA) is 26.3 Å². The van der Waals surface area contributed by atoms with Crippen LogP contribution in [0, 0.1) is 11.8 Å². The van der Waals surface area contributed by atoms with Crippen LogP contribution >= 0.6 is 0 Å². The van der Waals surface area contributed by atoms with Crippen LogP contribution in [0.2, 0.25) is 0 Å². The first-order chi connectivity index (χ1) is 7.20. The summed E-state index contributed by atoms with van der Waals surface area (Å²) in [6, 6.07) is 0. The maximum Gasteiger partial charge on any atom is 0.306 e. The fourth-order valence-corrected chi connectivity index (χ4v) is 3.51. The number of fused-ring (bicyclic) bond motifs is 2. The fraction of sp³-hybridized carbons (Fsp3) is 0.923. The van der Waals surface area contributed by atoms with Gasteiger partial charge in [-0.1, -0.05) is 13.8 Å². The monoisotopic (exact) mass is 210 g/mol. The lowest BCUT2D eigenvalue weighted by Gasteiger charge is -2.36. The largest absolute Gasteiger partial charge is 0.459 e. The molecule has 2 saturated carbocycles. The molecule has 3 atom stereocenters. The van der Waals surface area contributed by atoms with Crippen LogP contribution in [0.1, 0.15) is 58.8 Å². The molecule has 2 bridgehead atoms. The first-order valence-corrected chi connectivity index (χ1v) is 6.42. The Morgan fingerprint density at radius 1 is 1.40 bits per heavy atom. The molecule has 3 unspecified atom stereocenters. The van der Waals surface area contributed by atoms with Crippen molar-refractivity contribution in [2.45, 2.75) is 64.4 Å². The van der Waals surface area contributed by atoms with Gasteiger partial charge in [0.05, 0.1) is 0 Å². The summed E-state index contributed by atoms with van der Waals surface area (Å²) >= 11 is 0. The van der Waals surface area contributed by atoms with Crippen LogP contribution in [0.25, 0.3) is 0 Å². The molecular formula is C13H22O2. The van der Waals surface area contributed by atoms with Gasteiger partial charge in [0, 0.05) is 6.42 Å². The van der Waals surface area contributed by atoms with Crippen molar-refractivity contribution in [3.05, 3.63) is 0 Å². The second kappa shape index (κ2) is 4.15. The molecule has 0 heterocycles. The maximum atomic E-state index is 11.6. The first kappa shape index (κ1) is 11.0. The van der Waals surface area contributed by atoms with Gasteiger partial charge in [0.15, 0.2) is 0 Å². The van der Waals surface area contributed by atoms with E-state index in [4.69, 9.17) is 4.74 Å². The molecule has 2 aliphatic rings. The van der Waals surface area contributed by atoms with E-state index in [-0.39, 0.29) is 11.6 Å². The second-order valence-corrected chi connectivity index (χ2v) is 5.22. The predicted octanol–water partition coefficient (Wildman–Crippen LogP) is 3.30. The SMILES string of the molecule is CCCC(=O)OC1(CC)CC2CCC1C2. The smallest absolute Gasteiger partial charge is 0.306 e. The summed E-state index contributed by atoms with van der Waals surface area (Å²) in [6.07, 6.45) is 7.54. The van der Waals surface area contributed by atoms with Crippen LogP contribution < -0.4 is 0 Å². The number of carbonyl (C=O) groups excluding carboxylic acids is 1. The molecule has 0 aliphatic heterocycles. The van der Waals surface area contributed by atoms with Crippen LogP contribution in [-0.2, 0) is 9.53 Å². The predicted molar refractivity (Wildman–Crippen MR) is 59.5 cm³/mol. The second-order valence-electron chi connectivity index (χ2n) is 5.22. The lowest BCUT2D eigenvalue weighted by Crippen LogP contribution is -2.39. The summed E-state index contributed by atoms with van der Waals surface area (Å²) in [5, 5.41) is 0. The Morgan fingerprint density at radius 3 is 2.67 bits per heavy atom. The average molecular weight is 210 g/mol. The van der Waals surface area contributed by atoms with E-state index < -0.39 is 0 Å². The molecular weight excluding hydrogens is 188 g/mol. The summed E-state index contributed by atoms with van der Waals surface area (Å²) in [5.74, 6) is 1.52. The molecule has 0 amide bonds. The number of hydrogen-bond donors (Lipinski definition) is 0. The van der Waals surface area contributed by atoms with E-state index in [1.165, 1.54) is 19.3 Å². The zero-order chi connectivity index (χ0) is 10.9. The zero-order valence-corrected chi connectivity index (χ0v) is 9.92. The minimum Gasteiger partial charge on any atom is -0.459 e. The summed E-state index contributed by atoms with van der Waals surface area (Å²) in [4.78, 5) is 11.6. The Bertz CT molecular complexity index is 249. The molecule has 2 heteroatoms. The van der Waals surface area contributed by atoms with Crippen molar-refractivity contribution in [3.8, 4) is 0 Å². The maximum absolute atomic E-state index is 11.6. The van der Waals surface area contributed by atoms with E-state index >= 15 is 0 Å². The highest BCUT2D eigenvalue weighted by molar-refractivity contribution is 5.70. The van der Waals surface area contributed by atoms with Crippen molar-refractivity contribution in [3.63, 3.8) is 0 Å². The quantitative estimate of drug-likeness (QED) is 0.665. The Hall–Kier alpha value is -0.530. The highest BCUT2D eigenvalue weighted by Crippen LogP contribution is 2.54. The highest BCUT2D eigenvalue weighted by atomic mass is 16.6. The standard InChI is InChI=1S/C13H22O2/c1-3-5-12(14)15-13(4-2)9-10-6-7-11(13)8-10/h10-11H,3-9H2,1-2H3. The third-order valence-electron chi connectivity index (χ3n) is 4.29. The van der Waals surface area contributed by atoms with E-state index in [0.29, 0.717) is 12.3 Å². The Morgan fingerprint density at radius 2 is 2.20 bits per heavy atom. The van der Waals surface area contributed by atoms with Crippen LogP contribution in [0.15, 0.2) is 0 Å². The van der Waals surface area contributed by atoms with Crippen molar-refractivity contribution in [2.24, 2.45) is 11.8 Å². The van der Waals surface area contributed by atoms with Crippen molar-refractivity contribution in [2.75, 3.05) is 0 Å². The summed E-state index contributed by atoms with van der Waals surface area (Å²) in [7, 11) is 0. The third kappa shape index (κ3) is 1.91. The molecule has 0 N–H and O–H groups in total. The molecule has 0 saturated heterocycles. The van der Waals surface area contributed by atoms with E-state index in [0.717, 1.165) is 25.2 Å². The molecule has 2 fully saturated rings. The lowest BCUT2D eigenvalue weighted by atomic mass is 9.82. The van der Waals surface area contributed by atoms with Crippen LogP contribution in [0.4, 0.5) is 0 Å². The van der Waals surface area contributed by atoms with Gasteiger partial charge in [0.1, 0.15) is 5.60 Å². The average Bonchev–Trinajstić information content (AvgIpc) is 2.78. The lowest BCUT2D eigenvalue weighted by molar-refractivity contribution is -0.166. The molecule has 2 nitrogen and oxygen atoms in total. The van der Waals surface area contributed by atoms with Crippen LogP contribution in [0.5, 0.6) is 0 Å². The minimum absolute atomic E-state index is 0.0203. The van der Waals surface area contributed by atoms with Crippen molar-refractivity contribution in [1.82, 2.24) is 0 Å². The minimum atomic E-state index is -0.0742. The molecule has 2 aliphatic carbocycles. The number of rotatable bonds is 4. The third-order valence-corrected chi connectivity index (χ3v) is 4.29. The van der Waals surface area contributed by atoms with Gasteiger partial charge in [-0.05, 0) is 50.4 Å². The van der Waals surface area contributed by atoms with Gasteiger partial charge in [-0.3, -0.25) is 4.79 Å². The molecule has 2 rings (SSSR count). The van der Waals surface area contributed by atoms with Gasteiger partial charge in [0.2, 0.25) is 0 Å². The first-order valence-electron chi connectivity index (χ1n) is 6.42. The molecule has 0 radical (unpaired) electrons. The van der Waals surface area contributed by atoms with Gasteiger partial charge in [0.25, 0.3) is 0 Å². The summed E-state index contributed by atoms with van der Waals surface area (Å²) in [6.45, 7) is 4.20. The Labute approximate surface area is 92.4 Å². The molecule has 0 aromatic heterocycles. The fourth-order valence-electron chi connectivity index (χ4n) is 3.51. The molecule has 0 aromatic rings. The number of carbonyl (C=O) groups is 1. The number of hydrogen-bond acceptors (Lipinski definition) is 2. The number of esters is 1. The van der Waals surface area contributed by atoms with Crippen LogP contribution in [-0.4, -0.2) is 11.6 Å². The van der Waals surface area contributed by atoms with Gasteiger partial charge < -0.3 is 4.74 Å². The van der Waals surface area contributed by atoms with Gasteiger partial charge in [-0.25, -0.2) is 0 Å². The van der Waals surface area contributed by atoms with E-state index in [2.05, 4.69) is 6.92 Å². The van der Waals surface area contributed by atoms with Crippen molar-refractivity contribution < 1.29 is 9.53 Å². The molecule has 86 valence electrons. The van der Waals surface area contributed by atoms with Gasteiger partial charge >= 0.3 is 5.97 Å². The molecule has 0 spiro atoms. The van der Waals surface area contributed by atoms with Gasteiger partial charge in [-0.15, -0.1) is 0 Å². The normalized spacial score (nSPS) is 38.3. The molecule has 15 heavy (non-hydrogen) atoms. The van der Waals surface area contributed by atoms with Crippen molar-refractivity contribution >= 4 is 5.97 Å². The summed E-state index contributed by atoms with van der Waals surface area (Å²) < 4.78 is 5.78. The zero-order valence-electron chi connectivity index (χ0n) is 9.92. The number of ether oxygens (including phenoxy) is 1. The highest BCUT2D eigenvalue weighted by Gasteiger charge is 2.52. The van der Waals surface area contributed by atoms with E-state index in [1.807, 2.05) is 6.92 Å². The van der Waals surface area contributed by atoms with E-state index in [1.54, 1.807) is 0 Å². The Balaban J connectivity index is 2.00. The Kier molecular flexibility index (Phi) is 3.03. The van der Waals surface area contributed by atoms with Crippen LogP contribution in [0.3, 0.4) is 0 Å². The van der Waals surface area contributed by atoms with E-state index in [9.17, 15) is 4.79 Å².